The number of alkyl halides is 3. The maximum Gasteiger partial charge on any atom is 0.490 e. The number of carbonyl (C=O) groups excluding carboxylic acids is 1. The van der Waals surface area contributed by atoms with Gasteiger partial charge in [-0.25, -0.2) is 9.78 Å². The minimum Gasteiger partial charge on any atom is -0.475 e. The van der Waals surface area contributed by atoms with Gasteiger partial charge in [0.15, 0.2) is 0 Å². The molecule has 0 radical (unpaired) electrons. The summed E-state index contributed by atoms with van der Waals surface area (Å²) < 4.78 is 43.6. The largest absolute Gasteiger partial charge is 0.490 e. The summed E-state index contributed by atoms with van der Waals surface area (Å²) in [7, 11) is 0. The molecule has 0 aliphatic carbocycles. The lowest BCUT2D eigenvalue weighted by Crippen LogP contribution is -2.68. The number of hydrogen-bond donors (Lipinski definition) is 1. The number of aliphatic carboxylic acids is 1. The van der Waals surface area contributed by atoms with E-state index in [0.717, 1.165) is 12.8 Å². The molecule has 1 unspecified atom stereocenters. The minimum absolute atomic E-state index is 0.0477. The van der Waals surface area contributed by atoms with Gasteiger partial charge in [-0.1, -0.05) is 19.9 Å². The average molecular weight is 404 g/mol. The van der Waals surface area contributed by atoms with Crippen LogP contribution in [0.4, 0.5) is 13.2 Å². The van der Waals surface area contributed by atoms with Gasteiger partial charge >= 0.3 is 12.1 Å². The number of nitrogens with zero attached hydrogens (tertiary/aromatic N) is 2. The molecule has 1 amide bonds. The third-order valence-electron chi connectivity index (χ3n) is 4.38. The summed E-state index contributed by atoms with van der Waals surface area (Å²) in [5.74, 6) is -1.84. The monoisotopic (exact) mass is 404 g/mol. The van der Waals surface area contributed by atoms with Crippen LogP contribution >= 0.6 is 0 Å². The van der Waals surface area contributed by atoms with Crippen LogP contribution in [0.5, 0.6) is 5.88 Å². The first kappa shape index (κ1) is 21.9. The molecule has 1 aromatic rings. The van der Waals surface area contributed by atoms with Gasteiger partial charge in [0.05, 0.1) is 19.7 Å². The van der Waals surface area contributed by atoms with E-state index in [9.17, 15) is 18.0 Å². The van der Waals surface area contributed by atoms with Crippen LogP contribution in [0.15, 0.2) is 24.4 Å². The number of amides is 1. The fourth-order valence-corrected chi connectivity index (χ4v) is 3.06. The number of aromatic nitrogens is 1. The Balaban J connectivity index is 0.000000345. The maximum absolute atomic E-state index is 12.0. The molecule has 3 rings (SSSR count). The van der Waals surface area contributed by atoms with Crippen LogP contribution in [-0.2, 0) is 14.3 Å². The second-order valence-corrected chi connectivity index (χ2v) is 7.08. The molecule has 10 heteroatoms. The van der Waals surface area contributed by atoms with Crippen molar-refractivity contribution in [3.8, 4) is 5.88 Å². The van der Waals surface area contributed by atoms with E-state index in [1.807, 2.05) is 36.9 Å². The number of carboxylic acids is 1. The first-order valence-electron chi connectivity index (χ1n) is 8.83. The van der Waals surface area contributed by atoms with Gasteiger partial charge in [0.1, 0.15) is 11.7 Å². The zero-order chi connectivity index (χ0) is 20.9. The van der Waals surface area contributed by atoms with Crippen molar-refractivity contribution >= 4 is 11.9 Å². The molecule has 2 saturated heterocycles. The predicted molar refractivity (Wildman–Crippen MR) is 91.7 cm³/mol. The summed E-state index contributed by atoms with van der Waals surface area (Å²) in [5.41, 5.74) is -0.206. The Morgan fingerprint density at radius 2 is 2.00 bits per heavy atom. The molecule has 2 aliphatic heterocycles. The van der Waals surface area contributed by atoms with Gasteiger partial charge in [-0.3, -0.25) is 4.79 Å². The Labute approximate surface area is 160 Å². The van der Waals surface area contributed by atoms with Crippen molar-refractivity contribution in [2.45, 2.75) is 44.6 Å². The normalized spacial score (nSPS) is 20.8. The van der Waals surface area contributed by atoms with Gasteiger partial charge in [0, 0.05) is 31.0 Å². The number of pyridine rings is 1. The Hall–Kier alpha value is -2.36. The predicted octanol–water partition coefficient (Wildman–Crippen LogP) is 2.51. The van der Waals surface area contributed by atoms with Crippen molar-refractivity contribution in [1.29, 1.82) is 0 Å². The number of likely N-dealkylation sites (tertiary alicyclic amines) is 1. The van der Waals surface area contributed by atoms with Gasteiger partial charge in [-0.15, -0.1) is 0 Å². The van der Waals surface area contributed by atoms with Crippen molar-refractivity contribution in [2.24, 2.45) is 5.92 Å². The van der Waals surface area contributed by atoms with Crippen LogP contribution in [0.3, 0.4) is 0 Å². The second kappa shape index (κ2) is 8.76. The smallest absolute Gasteiger partial charge is 0.475 e. The topological polar surface area (TPSA) is 89.0 Å². The average Bonchev–Trinajstić information content (AvgIpc) is 2.59. The molecule has 0 bridgehead atoms. The van der Waals surface area contributed by atoms with E-state index < -0.39 is 12.1 Å². The van der Waals surface area contributed by atoms with Crippen LogP contribution in [-0.4, -0.2) is 64.4 Å². The molecule has 1 spiro atoms. The van der Waals surface area contributed by atoms with E-state index in [1.165, 1.54) is 0 Å². The quantitative estimate of drug-likeness (QED) is 0.833. The van der Waals surface area contributed by atoms with Crippen molar-refractivity contribution in [2.75, 3.05) is 19.7 Å². The molecule has 1 aromatic heterocycles. The highest BCUT2D eigenvalue weighted by Crippen LogP contribution is 2.36. The number of hydrogen-bond acceptors (Lipinski definition) is 5. The Bertz CT molecular complexity index is 676. The highest BCUT2D eigenvalue weighted by molar-refractivity contribution is 5.79. The summed E-state index contributed by atoms with van der Waals surface area (Å²) in [6.07, 6.45) is -1.54. The number of carboxylic acid groups (broad SMARTS) is 1. The molecule has 156 valence electrons. The number of halogens is 3. The number of rotatable bonds is 3. The van der Waals surface area contributed by atoms with E-state index in [0.29, 0.717) is 25.6 Å². The summed E-state index contributed by atoms with van der Waals surface area (Å²) in [4.78, 5) is 26.9. The van der Waals surface area contributed by atoms with Crippen molar-refractivity contribution in [3.05, 3.63) is 24.4 Å². The van der Waals surface area contributed by atoms with Gasteiger partial charge in [-0.2, -0.15) is 13.2 Å². The van der Waals surface area contributed by atoms with Gasteiger partial charge in [-0.05, 0) is 6.07 Å². The van der Waals surface area contributed by atoms with Gasteiger partial charge in [0.25, 0.3) is 0 Å². The van der Waals surface area contributed by atoms with Crippen molar-refractivity contribution < 1.29 is 37.3 Å². The lowest BCUT2D eigenvalue weighted by Gasteiger charge is -2.53. The first-order valence-corrected chi connectivity index (χ1v) is 8.83. The Kier molecular flexibility index (Phi) is 6.87. The van der Waals surface area contributed by atoms with Crippen LogP contribution in [0.25, 0.3) is 0 Å². The van der Waals surface area contributed by atoms with E-state index in [4.69, 9.17) is 19.4 Å². The molecule has 1 atom stereocenters. The highest BCUT2D eigenvalue weighted by atomic mass is 19.4. The zero-order valence-electron chi connectivity index (χ0n) is 15.6. The summed E-state index contributed by atoms with van der Waals surface area (Å²) in [6, 6.07) is 5.67. The molecule has 1 N–H and O–H groups in total. The molecule has 28 heavy (non-hydrogen) atoms. The molecule has 2 fully saturated rings. The molecular formula is C18H23F3N2O5. The molecule has 3 heterocycles. The lowest BCUT2D eigenvalue weighted by molar-refractivity contribution is -0.195. The number of carbonyl (C=O) groups is 2. The van der Waals surface area contributed by atoms with Crippen LogP contribution in [0.1, 0.15) is 26.7 Å². The Morgan fingerprint density at radius 1 is 1.36 bits per heavy atom. The SMILES string of the molecule is CC(C)C(=O)N1CC2(CC(Oc3ccccn3)CCO2)C1.O=C(O)C(F)(F)F. The van der Waals surface area contributed by atoms with E-state index >= 15 is 0 Å². The zero-order valence-corrected chi connectivity index (χ0v) is 15.6. The summed E-state index contributed by atoms with van der Waals surface area (Å²) >= 11 is 0. The van der Waals surface area contributed by atoms with E-state index in [2.05, 4.69) is 4.98 Å². The van der Waals surface area contributed by atoms with E-state index in [-0.39, 0.29) is 23.5 Å². The molecular weight excluding hydrogens is 381 g/mol. The van der Waals surface area contributed by atoms with E-state index in [1.54, 1.807) is 6.20 Å². The molecule has 0 saturated carbocycles. The Morgan fingerprint density at radius 3 is 2.50 bits per heavy atom. The third kappa shape index (κ3) is 5.82. The fourth-order valence-electron chi connectivity index (χ4n) is 3.06. The second-order valence-electron chi connectivity index (χ2n) is 7.08. The summed E-state index contributed by atoms with van der Waals surface area (Å²) in [6.45, 7) is 5.92. The maximum atomic E-state index is 12.0. The molecule has 2 aliphatic rings. The van der Waals surface area contributed by atoms with Gasteiger partial charge in [0.2, 0.25) is 11.8 Å². The fraction of sp³-hybridized carbons (Fsp3) is 0.611. The highest BCUT2D eigenvalue weighted by Gasteiger charge is 2.50. The lowest BCUT2D eigenvalue weighted by atomic mass is 9.84. The molecule has 0 aromatic carbocycles. The van der Waals surface area contributed by atoms with Gasteiger partial charge < -0.3 is 19.5 Å². The molecule has 7 nitrogen and oxygen atoms in total. The van der Waals surface area contributed by atoms with Crippen LogP contribution < -0.4 is 4.74 Å². The van der Waals surface area contributed by atoms with Crippen molar-refractivity contribution in [3.63, 3.8) is 0 Å². The van der Waals surface area contributed by atoms with Crippen molar-refractivity contribution in [1.82, 2.24) is 9.88 Å². The standard InChI is InChI=1S/C16H22N2O3.C2HF3O2/c1-12(2)15(19)18-10-16(11-18)9-13(6-8-20-16)21-14-5-3-4-7-17-14;3-2(4,5)1(6)7/h3-5,7,12-13H,6,8-11H2,1-2H3;(H,6,7). The minimum atomic E-state index is -5.08. The number of ether oxygens (including phenoxy) is 2. The first-order chi connectivity index (χ1) is 13.0. The third-order valence-corrected chi connectivity index (χ3v) is 4.38. The van der Waals surface area contributed by atoms with Crippen LogP contribution in [0.2, 0.25) is 0 Å². The summed E-state index contributed by atoms with van der Waals surface area (Å²) in [5, 5.41) is 7.12. The van der Waals surface area contributed by atoms with Crippen LogP contribution in [0, 0.1) is 5.92 Å².